The zero-order valence-electron chi connectivity index (χ0n) is 17.4. The van der Waals surface area contributed by atoms with Crippen molar-refractivity contribution >= 4 is 28.8 Å². The van der Waals surface area contributed by atoms with Gasteiger partial charge in [-0.05, 0) is 75.5 Å². The van der Waals surface area contributed by atoms with Crippen LogP contribution in [0.1, 0.15) is 45.1 Å². The molecule has 0 radical (unpaired) electrons. The molecule has 0 bridgehead atoms. The van der Waals surface area contributed by atoms with Crippen LogP contribution in [0.15, 0.2) is 37.0 Å². The molecular formula is C24H31N3O2. The molecule has 154 valence electrons. The SMILES string of the molecule is C=Cc1ccc(N2CC(CC(C)(C)NC(=O)O)CC(C3CC3)C2)c2cccnc12. The summed E-state index contributed by atoms with van der Waals surface area (Å²) >= 11 is 0. The van der Waals surface area contributed by atoms with E-state index in [4.69, 9.17) is 0 Å². The van der Waals surface area contributed by atoms with E-state index in [0.29, 0.717) is 11.8 Å². The van der Waals surface area contributed by atoms with Gasteiger partial charge in [0.2, 0.25) is 0 Å². The zero-order valence-corrected chi connectivity index (χ0v) is 17.4. The number of nitrogens with one attached hydrogen (secondary N) is 1. The molecule has 5 nitrogen and oxygen atoms in total. The van der Waals surface area contributed by atoms with Crippen molar-refractivity contribution in [2.75, 3.05) is 18.0 Å². The van der Waals surface area contributed by atoms with Crippen molar-refractivity contribution in [2.24, 2.45) is 17.8 Å². The third kappa shape index (κ3) is 4.39. The first kappa shape index (κ1) is 19.7. The Morgan fingerprint density at radius 3 is 2.79 bits per heavy atom. The predicted octanol–water partition coefficient (Wildman–Crippen LogP) is 5.17. The van der Waals surface area contributed by atoms with Crippen molar-refractivity contribution in [1.29, 1.82) is 0 Å². The Morgan fingerprint density at radius 2 is 2.10 bits per heavy atom. The van der Waals surface area contributed by atoms with Gasteiger partial charge in [-0.2, -0.15) is 0 Å². The molecule has 2 aliphatic rings. The molecule has 1 saturated heterocycles. The molecule has 4 rings (SSSR count). The smallest absolute Gasteiger partial charge is 0.405 e. The van der Waals surface area contributed by atoms with Crippen molar-refractivity contribution in [1.82, 2.24) is 10.3 Å². The topological polar surface area (TPSA) is 65.5 Å². The summed E-state index contributed by atoms with van der Waals surface area (Å²) in [5.41, 5.74) is 2.86. The standard InChI is InChI=1S/C24H31N3O2/c1-4-17-9-10-21(20-6-5-11-25-22(17)20)27-14-16(12-19(15-27)18-7-8-18)13-24(2,3)26-23(28)29/h4-6,9-11,16,18-19,26H,1,7-8,12-15H2,2-3H3,(H,28,29). The number of pyridine rings is 1. The molecule has 1 aromatic heterocycles. The Labute approximate surface area is 172 Å². The lowest BCUT2D eigenvalue weighted by molar-refractivity contribution is 0.170. The van der Waals surface area contributed by atoms with Gasteiger partial charge >= 0.3 is 6.09 Å². The first-order chi connectivity index (χ1) is 13.9. The van der Waals surface area contributed by atoms with Crippen molar-refractivity contribution < 1.29 is 9.90 Å². The minimum atomic E-state index is -0.946. The lowest BCUT2D eigenvalue weighted by Crippen LogP contribution is -2.48. The minimum Gasteiger partial charge on any atom is -0.465 e. The molecule has 2 aromatic rings. The van der Waals surface area contributed by atoms with Crippen LogP contribution >= 0.6 is 0 Å². The van der Waals surface area contributed by atoms with E-state index in [2.05, 4.69) is 40.0 Å². The molecule has 5 heteroatoms. The number of anilines is 1. The number of rotatable bonds is 6. The molecular weight excluding hydrogens is 362 g/mol. The second kappa shape index (κ2) is 7.69. The Bertz CT molecular complexity index is 919. The van der Waals surface area contributed by atoms with Crippen LogP contribution in [0.2, 0.25) is 0 Å². The van der Waals surface area contributed by atoms with Gasteiger partial charge in [0.15, 0.2) is 0 Å². The minimum absolute atomic E-state index is 0.427. The van der Waals surface area contributed by atoms with Crippen LogP contribution in [0.25, 0.3) is 17.0 Å². The highest BCUT2D eigenvalue weighted by Gasteiger charge is 2.39. The monoisotopic (exact) mass is 393 g/mol. The number of piperidine rings is 1. The fraction of sp³-hybridized carbons (Fsp3) is 0.500. The van der Waals surface area contributed by atoms with Gasteiger partial charge in [-0.3, -0.25) is 4.98 Å². The summed E-state index contributed by atoms with van der Waals surface area (Å²) < 4.78 is 0. The number of hydrogen-bond donors (Lipinski definition) is 2. The number of carboxylic acid groups (broad SMARTS) is 1. The van der Waals surface area contributed by atoms with Crippen LogP contribution in [-0.4, -0.2) is 34.8 Å². The first-order valence-corrected chi connectivity index (χ1v) is 10.6. The number of amides is 1. The predicted molar refractivity (Wildman–Crippen MR) is 118 cm³/mol. The first-order valence-electron chi connectivity index (χ1n) is 10.6. The summed E-state index contributed by atoms with van der Waals surface area (Å²) in [7, 11) is 0. The van der Waals surface area contributed by atoms with Crippen LogP contribution in [0.5, 0.6) is 0 Å². The van der Waals surface area contributed by atoms with E-state index in [1.54, 1.807) is 0 Å². The highest BCUT2D eigenvalue weighted by atomic mass is 16.4. The van der Waals surface area contributed by atoms with E-state index in [1.165, 1.54) is 30.3 Å². The largest absolute Gasteiger partial charge is 0.465 e. The van der Waals surface area contributed by atoms with Gasteiger partial charge in [0.05, 0.1) is 5.52 Å². The van der Waals surface area contributed by atoms with Crippen molar-refractivity contribution in [3.63, 3.8) is 0 Å². The third-order valence-corrected chi connectivity index (χ3v) is 6.44. The van der Waals surface area contributed by atoms with Crippen LogP contribution in [-0.2, 0) is 0 Å². The highest BCUT2D eigenvalue weighted by Crippen LogP contribution is 2.45. The quantitative estimate of drug-likeness (QED) is 0.711. The number of carbonyl (C=O) groups is 1. The zero-order chi connectivity index (χ0) is 20.6. The van der Waals surface area contributed by atoms with Crippen molar-refractivity contribution in [3.8, 4) is 0 Å². The Hall–Kier alpha value is -2.56. The van der Waals surface area contributed by atoms with E-state index in [0.717, 1.165) is 36.5 Å². The van der Waals surface area contributed by atoms with Crippen LogP contribution in [0.4, 0.5) is 10.5 Å². The van der Waals surface area contributed by atoms with Crippen LogP contribution in [0, 0.1) is 17.8 Å². The summed E-state index contributed by atoms with van der Waals surface area (Å²) in [6, 6.07) is 8.46. The summed E-state index contributed by atoms with van der Waals surface area (Å²) in [6.45, 7) is 9.94. The fourth-order valence-electron chi connectivity index (χ4n) is 5.18. The Morgan fingerprint density at radius 1 is 1.31 bits per heavy atom. The molecule has 2 unspecified atom stereocenters. The molecule has 29 heavy (non-hydrogen) atoms. The van der Waals surface area contributed by atoms with Gasteiger partial charge < -0.3 is 15.3 Å². The molecule has 0 spiro atoms. The van der Waals surface area contributed by atoms with Crippen LogP contribution in [0.3, 0.4) is 0 Å². The maximum atomic E-state index is 11.2. The number of fused-ring (bicyclic) bond motifs is 1. The maximum Gasteiger partial charge on any atom is 0.405 e. The average molecular weight is 394 g/mol. The lowest BCUT2D eigenvalue weighted by atomic mass is 9.79. The van der Waals surface area contributed by atoms with Gasteiger partial charge in [-0.25, -0.2) is 4.79 Å². The normalized spacial score (nSPS) is 22.5. The Balaban J connectivity index is 1.64. The second-order valence-electron chi connectivity index (χ2n) is 9.40. The van der Waals surface area contributed by atoms with Gasteiger partial charge in [0, 0.05) is 41.5 Å². The third-order valence-electron chi connectivity index (χ3n) is 6.44. The summed E-state index contributed by atoms with van der Waals surface area (Å²) in [6.07, 6.45) is 7.46. The fourth-order valence-corrected chi connectivity index (χ4v) is 5.18. The van der Waals surface area contributed by atoms with Gasteiger partial charge in [0.1, 0.15) is 0 Å². The van der Waals surface area contributed by atoms with Gasteiger partial charge in [-0.1, -0.05) is 18.7 Å². The van der Waals surface area contributed by atoms with E-state index in [-0.39, 0.29) is 0 Å². The average Bonchev–Trinajstić information content (AvgIpc) is 3.50. The number of benzene rings is 1. The van der Waals surface area contributed by atoms with E-state index >= 15 is 0 Å². The number of nitrogens with zero attached hydrogens (tertiary/aromatic N) is 2. The molecule has 1 aliphatic carbocycles. The molecule has 1 aliphatic heterocycles. The van der Waals surface area contributed by atoms with Crippen molar-refractivity contribution in [2.45, 2.75) is 45.1 Å². The summed E-state index contributed by atoms with van der Waals surface area (Å²) in [4.78, 5) is 18.3. The molecule has 2 heterocycles. The molecule has 1 saturated carbocycles. The maximum absolute atomic E-state index is 11.2. The van der Waals surface area contributed by atoms with E-state index in [1.807, 2.05) is 32.2 Å². The molecule has 2 atom stereocenters. The molecule has 2 N–H and O–H groups in total. The molecule has 1 aromatic carbocycles. The molecule has 1 amide bonds. The van der Waals surface area contributed by atoms with E-state index < -0.39 is 11.6 Å². The van der Waals surface area contributed by atoms with Crippen molar-refractivity contribution in [3.05, 3.63) is 42.6 Å². The Kier molecular flexibility index (Phi) is 5.24. The van der Waals surface area contributed by atoms with Crippen LogP contribution < -0.4 is 10.2 Å². The summed E-state index contributed by atoms with van der Waals surface area (Å²) in [5.74, 6) is 1.97. The second-order valence-corrected chi connectivity index (χ2v) is 9.40. The molecule has 2 fully saturated rings. The number of aromatic nitrogens is 1. The summed E-state index contributed by atoms with van der Waals surface area (Å²) in [5, 5.41) is 13.1. The van der Waals surface area contributed by atoms with Gasteiger partial charge in [0.25, 0.3) is 0 Å². The van der Waals surface area contributed by atoms with Gasteiger partial charge in [-0.15, -0.1) is 0 Å². The number of hydrogen-bond acceptors (Lipinski definition) is 3. The lowest BCUT2D eigenvalue weighted by Gasteiger charge is -2.42. The highest BCUT2D eigenvalue weighted by molar-refractivity contribution is 5.96. The van der Waals surface area contributed by atoms with E-state index in [9.17, 15) is 9.90 Å².